The maximum atomic E-state index is 4.02. The average molecular weight is 337 g/mol. The standard InChI is InChI=1S/C15H21BrN4/c1-4-9-17-11(2)10-12-5-7-13(8-6-12)14-15(16)18-19-20(14)3/h5-8,11,17H,4,9-10H2,1-3H3. The van der Waals surface area contributed by atoms with Crippen LogP contribution in [0.15, 0.2) is 28.9 Å². The van der Waals surface area contributed by atoms with E-state index in [9.17, 15) is 0 Å². The lowest BCUT2D eigenvalue weighted by Crippen LogP contribution is -2.28. The number of nitrogens with one attached hydrogen (secondary N) is 1. The second-order valence-corrected chi connectivity index (χ2v) is 5.86. The van der Waals surface area contributed by atoms with Crippen LogP contribution >= 0.6 is 15.9 Å². The van der Waals surface area contributed by atoms with Crippen LogP contribution in [0.3, 0.4) is 0 Å². The molecule has 2 rings (SSSR count). The molecular formula is C15H21BrN4. The van der Waals surface area contributed by atoms with Gasteiger partial charge in [-0.15, -0.1) is 5.10 Å². The van der Waals surface area contributed by atoms with Crippen molar-refractivity contribution in [1.29, 1.82) is 0 Å². The lowest BCUT2D eigenvalue weighted by Gasteiger charge is -2.13. The number of rotatable bonds is 6. The molecular weight excluding hydrogens is 316 g/mol. The Labute approximate surface area is 128 Å². The van der Waals surface area contributed by atoms with E-state index >= 15 is 0 Å². The Hall–Kier alpha value is -1.20. The second-order valence-electron chi connectivity index (χ2n) is 5.11. The van der Waals surface area contributed by atoms with Gasteiger partial charge in [-0.2, -0.15) is 0 Å². The summed E-state index contributed by atoms with van der Waals surface area (Å²) in [7, 11) is 1.90. The number of benzene rings is 1. The molecule has 1 unspecified atom stereocenters. The second kappa shape index (κ2) is 6.99. The quantitative estimate of drug-likeness (QED) is 0.880. The van der Waals surface area contributed by atoms with Crippen LogP contribution in [0.1, 0.15) is 25.8 Å². The molecule has 0 aliphatic carbocycles. The molecule has 1 aromatic carbocycles. The van der Waals surface area contributed by atoms with Crippen molar-refractivity contribution in [2.45, 2.75) is 32.7 Å². The number of halogens is 1. The Balaban J connectivity index is 2.07. The van der Waals surface area contributed by atoms with Gasteiger partial charge < -0.3 is 5.32 Å². The van der Waals surface area contributed by atoms with Crippen molar-refractivity contribution in [3.8, 4) is 11.3 Å². The van der Waals surface area contributed by atoms with Gasteiger partial charge in [0.05, 0.1) is 0 Å². The van der Waals surface area contributed by atoms with Crippen LogP contribution in [0.2, 0.25) is 0 Å². The first-order valence-electron chi connectivity index (χ1n) is 6.99. The third-order valence-electron chi connectivity index (χ3n) is 3.30. The van der Waals surface area contributed by atoms with Gasteiger partial charge in [-0.05, 0) is 47.8 Å². The van der Waals surface area contributed by atoms with E-state index in [4.69, 9.17) is 0 Å². The molecule has 0 saturated carbocycles. The summed E-state index contributed by atoms with van der Waals surface area (Å²) in [6.07, 6.45) is 2.22. The molecule has 0 aliphatic rings. The highest BCUT2D eigenvalue weighted by Gasteiger charge is 2.10. The van der Waals surface area contributed by atoms with Crippen LogP contribution in [0, 0.1) is 0 Å². The lowest BCUT2D eigenvalue weighted by molar-refractivity contribution is 0.543. The van der Waals surface area contributed by atoms with Crippen molar-refractivity contribution in [1.82, 2.24) is 20.3 Å². The van der Waals surface area contributed by atoms with Gasteiger partial charge in [-0.25, -0.2) is 4.68 Å². The smallest absolute Gasteiger partial charge is 0.156 e. The van der Waals surface area contributed by atoms with Crippen molar-refractivity contribution in [3.05, 3.63) is 34.4 Å². The van der Waals surface area contributed by atoms with Crippen LogP contribution in [0.4, 0.5) is 0 Å². The molecule has 0 saturated heterocycles. The third kappa shape index (κ3) is 3.67. The summed E-state index contributed by atoms with van der Waals surface area (Å²) in [5.41, 5.74) is 3.48. The molecule has 0 aliphatic heterocycles. The summed E-state index contributed by atoms with van der Waals surface area (Å²) in [6.45, 7) is 5.49. The minimum atomic E-state index is 0.505. The summed E-state index contributed by atoms with van der Waals surface area (Å²) in [5, 5.41) is 11.5. The lowest BCUT2D eigenvalue weighted by atomic mass is 10.0. The van der Waals surface area contributed by atoms with E-state index in [0.29, 0.717) is 6.04 Å². The zero-order chi connectivity index (χ0) is 14.5. The van der Waals surface area contributed by atoms with E-state index in [1.807, 2.05) is 7.05 Å². The van der Waals surface area contributed by atoms with E-state index < -0.39 is 0 Å². The summed E-state index contributed by atoms with van der Waals surface area (Å²) in [4.78, 5) is 0. The predicted octanol–water partition coefficient (Wildman–Crippen LogP) is 3.18. The van der Waals surface area contributed by atoms with Crippen LogP contribution in [0.25, 0.3) is 11.3 Å². The SMILES string of the molecule is CCCNC(C)Cc1ccc(-c2c(Br)nnn2C)cc1. The Morgan fingerprint density at radius 3 is 2.55 bits per heavy atom. The number of aromatic nitrogens is 3. The van der Waals surface area contributed by atoms with Gasteiger partial charge in [-0.1, -0.05) is 36.4 Å². The Bertz CT molecular complexity index is 528. The minimum absolute atomic E-state index is 0.505. The van der Waals surface area contributed by atoms with Crippen molar-refractivity contribution in [2.75, 3.05) is 6.54 Å². The summed E-state index contributed by atoms with van der Waals surface area (Å²) < 4.78 is 2.57. The highest BCUT2D eigenvalue weighted by atomic mass is 79.9. The third-order valence-corrected chi connectivity index (χ3v) is 3.83. The molecule has 0 bridgehead atoms. The number of aryl methyl sites for hydroxylation is 1. The molecule has 1 atom stereocenters. The summed E-state index contributed by atoms with van der Waals surface area (Å²) in [5.74, 6) is 0. The monoisotopic (exact) mass is 336 g/mol. The largest absolute Gasteiger partial charge is 0.314 e. The molecule has 0 fully saturated rings. The van der Waals surface area contributed by atoms with Crippen LogP contribution < -0.4 is 5.32 Å². The molecule has 108 valence electrons. The normalized spacial score (nSPS) is 12.6. The number of hydrogen-bond acceptors (Lipinski definition) is 3. The summed E-state index contributed by atoms with van der Waals surface area (Å²) in [6, 6.07) is 9.12. The van der Waals surface area contributed by atoms with E-state index in [2.05, 4.69) is 69.7 Å². The molecule has 20 heavy (non-hydrogen) atoms. The maximum absolute atomic E-state index is 4.02. The van der Waals surface area contributed by atoms with Crippen molar-refractivity contribution in [3.63, 3.8) is 0 Å². The maximum Gasteiger partial charge on any atom is 0.156 e. The first-order valence-corrected chi connectivity index (χ1v) is 7.79. The van der Waals surface area contributed by atoms with Crippen molar-refractivity contribution >= 4 is 15.9 Å². The summed E-state index contributed by atoms with van der Waals surface area (Å²) >= 11 is 3.44. The molecule has 0 amide bonds. The molecule has 0 spiro atoms. The fourth-order valence-electron chi connectivity index (χ4n) is 2.25. The minimum Gasteiger partial charge on any atom is -0.314 e. The van der Waals surface area contributed by atoms with E-state index in [0.717, 1.165) is 28.8 Å². The first kappa shape index (κ1) is 15.2. The van der Waals surface area contributed by atoms with Gasteiger partial charge in [0, 0.05) is 18.7 Å². The molecule has 2 aromatic rings. The van der Waals surface area contributed by atoms with Crippen LogP contribution in [-0.4, -0.2) is 27.6 Å². The molecule has 4 nitrogen and oxygen atoms in total. The molecule has 5 heteroatoms. The predicted molar refractivity (Wildman–Crippen MR) is 85.6 cm³/mol. The number of nitrogens with zero attached hydrogens (tertiary/aromatic N) is 3. The Morgan fingerprint density at radius 1 is 1.30 bits per heavy atom. The van der Waals surface area contributed by atoms with Crippen molar-refractivity contribution < 1.29 is 0 Å². The highest BCUT2D eigenvalue weighted by molar-refractivity contribution is 9.10. The Kier molecular flexibility index (Phi) is 5.31. The highest BCUT2D eigenvalue weighted by Crippen LogP contribution is 2.25. The van der Waals surface area contributed by atoms with E-state index in [1.165, 1.54) is 12.0 Å². The Morgan fingerprint density at radius 2 is 2.00 bits per heavy atom. The fourth-order valence-corrected chi connectivity index (χ4v) is 2.81. The molecule has 1 heterocycles. The number of hydrogen-bond donors (Lipinski definition) is 1. The van der Waals surface area contributed by atoms with Gasteiger partial charge in [0.25, 0.3) is 0 Å². The zero-order valence-electron chi connectivity index (χ0n) is 12.2. The fraction of sp³-hybridized carbons (Fsp3) is 0.467. The van der Waals surface area contributed by atoms with E-state index in [1.54, 1.807) is 4.68 Å². The topological polar surface area (TPSA) is 42.7 Å². The van der Waals surface area contributed by atoms with Crippen LogP contribution in [-0.2, 0) is 13.5 Å². The van der Waals surface area contributed by atoms with Crippen molar-refractivity contribution in [2.24, 2.45) is 7.05 Å². The van der Waals surface area contributed by atoms with E-state index in [-0.39, 0.29) is 0 Å². The molecule has 0 radical (unpaired) electrons. The average Bonchev–Trinajstić information content (AvgIpc) is 2.77. The van der Waals surface area contributed by atoms with Gasteiger partial charge >= 0.3 is 0 Å². The molecule has 1 N–H and O–H groups in total. The van der Waals surface area contributed by atoms with Gasteiger partial charge in [0.15, 0.2) is 4.60 Å². The van der Waals surface area contributed by atoms with Gasteiger partial charge in [-0.3, -0.25) is 0 Å². The van der Waals surface area contributed by atoms with Gasteiger partial charge in [0.2, 0.25) is 0 Å². The molecule has 1 aromatic heterocycles. The van der Waals surface area contributed by atoms with Crippen LogP contribution in [0.5, 0.6) is 0 Å². The first-order chi connectivity index (χ1) is 9.61. The van der Waals surface area contributed by atoms with Gasteiger partial charge in [0.1, 0.15) is 5.69 Å². The zero-order valence-corrected chi connectivity index (χ0v) is 13.8.